The van der Waals surface area contributed by atoms with Crippen LogP contribution in [0.5, 0.6) is 0 Å². The minimum Gasteiger partial charge on any atom is -0.316 e. The van der Waals surface area contributed by atoms with Crippen LogP contribution in [0.3, 0.4) is 0 Å². The normalized spacial score (nSPS) is 27.4. The summed E-state index contributed by atoms with van der Waals surface area (Å²) in [6.07, 6.45) is 5.31. The minimum atomic E-state index is 0.751. The van der Waals surface area contributed by atoms with Crippen LogP contribution < -0.4 is 5.32 Å². The lowest BCUT2D eigenvalue weighted by atomic mass is 9.69. The van der Waals surface area contributed by atoms with Crippen molar-refractivity contribution in [1.29, 1.82) is 0 Å². The third kappa shape index (κ3) is 6.00. The van der Waals surface area contributed by atoms with Gasteiger partial charge >= 0.3 is 0 Å². The lowest BCUT2D eigenvalue weighted by Gasteiger charge is -2.37. The van der Waals surface area contributed by atoms with Gasteiger partial charge in [-0.1, -0.05) is 27.7 Å². The maximum Gasteiger partial charge on any atom is 0.0120 e. The molecule has 1 aliphatic carbocycles. The molecule has 0 bridgehead atoms. The van der Waals surface area contributed by atoms with Gasteiger partial charge in [-0.3, -0.25) is 0 Å². The highest BCUT2D eigenvalue weighted by molar-refractivity contribution is 4.99. The molecule has 1 heteroatoms. The van der Waals surface area contributed by atoms with Gasteiger partial charge in [-0.25, -0.2) is 0 Å². The van der Waals surface area contributed by atoms with E-state index in [-0.39, 0.29) is 0 Å². The van der Waals surface area contributed by atoms with Gasteiger partial charge in [0.15, 0.2) is 0 Å². The molecule has 0 amide bonds. The van der Waals surface area contributed by atoms with Crippen molar-refractivity contribution in [3.05, 3.63) is 0 Å². The number of nitrogens with one attached hydrogen (secondary N) is 1. The van der Waals surface area contributed by atoms with Crippen molar-refractivity contribution in [2.75, 3.05) is 13.1 Å². The first-order valence-corrected chi connectivity index (χ1v) is 8.14. The molecule has 1 N–H and O–H groups in total. The smallest absolute Gasteiger partial charge is 0.0120 e. The summed E-state index contributed by atoms with van der Waals surface area (Å²) in [4.78, 5) is 0. The monoisotopic (exact) mass is 263 g/mol. The molecule has 1 fully saturated rings. The summed E-state index contributed by atoms with van der Waals surface area (Å²) < 4.78 is 0. The van der Waals surface area contributed by atoms with Gasteiger partial charge in [0, 0.05) is 6.42 Å². The number of rotatable bonds is 6. The van der Waals surface area contributed by atoms with E-state index in [2.05, 4.69) is 44.9 Å². The highest BCUT2D eigenvalue weighted by Gasteiger charge is 2.30. The zero-order chi connectivity index (χ0) is 14.3. The van der Waals surface area contributed by atoms with Crippen LogP contribution in [-0.4, -0.2) is 13.1 Å². The Morgan fingerprint density at radius 2 is 1.84 bits per heavy atom. The van der Waals surface area contributed by atoms with Crippen LogP contribution in [0.4, 0.5) is 0 Å². The predicted molar refractivity (Wildman–Crippen MR) is 84.9 cm³/mol. The number of hydrogen-bond donors (Lipinski definition) is 1. The lowest BCUT2D eigenvalue weighted by Crippen LogP contribution is -2.35. The summed E-state index contributed by atoms with van der Waals surface area (Å²) in [6.45, 7) is 13.6. The van der Waals surface area contributed by atoms with Crippen molar-refractivity contribution >= 4 is 0 Å². The average molecular weight is 263 g/mol. The highest BCUT2D eigenvalue weighted by Crippen LogP contribution is 2.38. The molecule has 3 atom stereocenters. The van der Waals surface area contributed by atoms with E-state index in [1.54, 1.807) is 0 Å². The first kappa shape index (κ1) is 16.6. The first-order chi connectivity index (χ1) is 9.04. The molecule has 0 radical (unpaired) electrons. The van der Waals surface area contributed by atoms with Crippen LogP contribution >= 0.6 is 0 Å². The molecule has 0 heterocycles. The molecular formula is C18H33N. The Balaban J connectivity index is 2.49. The van der Waals surface area contributed by atoms with E-state index in [1.807, 2.05) is 6.92 Å². The van der Waals surface area contributed by atoms with E-state index in [0.717, 1.165) is 42.6 Å². The summed E-state index contributed by atoms with van der Waals surface area (Å²) in [5.41, 5.74) is 0. The Morgan fingerprint density at radius 1 is 1.11 bits per heavy atom. The second-order valence-corrected chi connectivity index (χ2v) is 7.02. The molecule has 0 spiro atoms. The Hall–Kier alpha value is -0.480. The Morgan fingerprint density at radius 3 is 2.42 bits per heavy atom. The van der Waals surface area contributed by atoms with Crippen LogP contribution in [0.1, 0.15) is 60.3 Å². The third-order valence-corrected chi connectivity index (χ3v) is 4.62. The van der Waals surface area contributed by atoms with Gasteiger partial charge in [0.05, 0.1) is 0 Å². The largest absolute Gasteiger partial charge is 0.316 e. The Kier molecular flexibility index (Phi) is 7.54. The van der Waals surface area contributed by atoms with Gasteiger partial charge in [-0.2, -0.15) is 0 Å². The maximum absolute atomic E-state index is 3.66. The Bertz CT molecular complexity index is 293. The third-order valence-electron chi connectivity index (χ3n) is 4.62. The van der Waals surface area contributed by atoms with Crippen LogP contribution in [0, 0.1) is 41.4 Å². The SMILES string of the molecule is CC#CCC1CC(C(C)C)CCC1CNCC(C)C. The minimum absolute atomic E-state index is 0.751. The van der Waals surface area contributed by atoms with Crippen LogP contribution in [0.15, 0.2) is 0 Å². The summed E-state index contributed by atoms with van der Waals surface area (Å²) in [7, 11) is 0. The van der Waals surface area contributed by atoms with Crippen molar-refractivity contribution in [2.24, 2.45) is 29.6 Å². The Labute approximate surface area is 120 Å². The van der Waals surface area contributed by atoms with Crippen LogP contribution in [0.25, 0.3) is 0 Å². The highest BCUT2D eigenvalue weighted by atomic mass is 14.9. The molecule has 0 aromatic carbocycles. The van der Waals surface area contributed by atoms with E-state index in [0.29, 0.717) is 0 Å². The van der Waals surface area contributed by atoms with Crippen molar-refractivity contribution in [1.82, 2.24) is 5.32 Å². The molecule has 0 saturated heterocycles. The second-order valence-electron chi connectivity index (χ2n) is 7.02. The molecule has 0 aliphatic heterocycles. The van der Waals surface area contributed by atoms with E-state index >= 15 is 0 Å². The van der Waals surface area contributed by atoms with Crippen molar-refractivity contribution in [3.8, 4) is 11.8 Å². The maximum atomic E-state index is 3.66. The summed E-state index contributed by atoms with van der Waals surface area (Å²) in [5, 5.41) is 3.66. The standard InChI is InChI=1S/C18H33N/c1-6-7-8-17-11-16(15(4)5)9-10-18(17)13-19-12-14(2)3/h14-19H,8-13H2,1-5H3. The molecule has 0 aromatic rings. The molecule has 110 valence electrons. The molecule has 1 nitrogen and oxygen atoms in total. The fraction of sp³-hybridized carbons (Fsp3) is 0.889. The predicted octanol–water partition coefficient (Wildman–Crippen LogP) is 4.33. The van der Waals surface area contributed by atoms with Gasteiger partial charge in [-0.15, -0.1) is 11.8 Å². The molecule has 19 heavy (non-hydrogen) atoms. The van der Waals surface area contributed by atoms with Crippen molar-refractivity contribution < 1.29 is 0 Å². The fourth-order valence-corrected chi connectivity index (χ4v) is 3.28. The van der Waals surface area contributed by atoms with Gasteiger partial charge in [0.25, 0.3) is 0 Å². The number of hydrogen-bond acceptors (Lipinski definition) is 1. The molecule has 1 saturated carbocycles. The summed E-state index contributed by atoms with van der Waals surface area (Å²) in [6, 6.07) is 0. The first-order valence-electron chi connectivity index (χ1n) is 8.14. The summed E-state index contributed by atoms with van der Waals surface area (Å²) in [5.74, 6) is 10.6. The quantitative estimate of drug-likeness (QED) is 0.703. The topological polar surface area (TPSA) is 12.0 Å². The van der Waals surface area contributed by atoms with Gasteiger partial charge < -0.3 is 5.32 Å². The molecular weight excluding hydrogens is 230 g/mol. The van der Waals surface area contributed by atoms with E-state index in [4.69, 9.17) is 0 Å². The zero-order valence-electron chi connectivity index (χ0n) is 13.6. The van der Waals surface area contributed by atoms with E-state index < -0.39 is 0 Å². The van der Waals surface area contributed by atoms with Gasteiger partial charge in [0.1, 0.15) is 0 Å². The van der Waals surface area contributed by atoms with E-state index in [9.17, 15) is 0 Å². The van der Waals surface area contributed by atoms with Crippen LogP contribution in [-0.2, 0) is 0 Å². The second kappa shape index (κ2) is 8.64. The van der Waals surface area contributed by atoms with Gasteiger partial charge in [-0.05, 0) is 68.9 Å². The molecule has 1 aliphatic rings. The van der Waals surface area contributed by atoms with Gasteiger partial charge in [0.2, 0.25) is 0 Å². The fourth-order valence-electron chi connectivity index (χ4n) is 3.28. The van der Waals surface area contributed by atoms with Crippen LogP contribution in [0.2, 0.25) is 0 Å². The average Bonchev–Trinajstić information content (AvgIpc) is 2.36. The van der Waals surface area contributed by atoms with Crippen molar-refractivity contribution in [2.45, 2.75) is 60.3 Å². The summed E-state index contributed by atoms with van der Waals surface area (Å²) >= 11 is 0. The lowest BCUT2D eigenvalue weighted by molar-refractivity contribution is 0.147. The van der Waals surface area contributed by atoms with E-state index in [1.165, 1.54) is 25.8 Å². The zero-order valence-corrected chi connectivity index (χ0v) is 13.6. The molecule has 1 rings (SSSR count). The molecule has 3 unspecified atom stereocenters. The molecule has 0 aromatic heterocycles. The van der Waals surface area contributed by atoms with Crippen molar-refractivity contribution in [3.63, 3.8) is 0 Å².